The second-order valence-electron chi connectivity index (χ2n) is 5.43. The molecule has 1 aliphatic heterocycles. The van der Waals surface area contributed by atoms with Crippen LogP contribution in [0.3, 0.4) is 0 Å². The summed E-state index contributed by atoms with van der Waals surface area (Å²) in [5, 5.41) is 5.61. The van der Waals surface area contributed by atoms with Gasteiger partial charge >= 0.3 is 0 Å². The Kier molecular flexibility index (Phi) is 8.47. The molecular weight excluding hydrogens is 240 g/mol. The van der Waals surface area contributed by atoms with Gasteiger partial charge in [-0.1, -0.05) is 51.9 Å². The van der Waals surface area contributed by atoms with Gasteiger partial charge in [-0.25, -0.2) is 0 Å². The van der Waals surface area contributed by atoms with Crippen molar-refractivity contribution in [2.45, 2.75) is 77.2 Å². The quantitative estimate of drug-likeness (QED) is 0.473. The number of nitrogens with one attached hydrogen (secondary N) is 2. The number of imide groups is 1. The highest BCUT2D eigenvalue weighted by Gasteiger charge is 2.25. The molecule has 0 saturated carbocycles. The standard InChI is InChI=1S/C15H28N2O2/c1-2-3-4-5-6-7-8-9-12-16-13-10-11-14(18)17-15(13)19/h13,16H,2-12H2,1H3,(H,17,18,19). The third-order valence-corrected chi connectivity index (χ3v) is 3.66. The molecule has 4 nitrogen and oxygen atoms in total. The molecule has 0 aromatic carbocycles. The number of piperidine rings is 1. The molecule has 19 heavy (non-hydrogen) atoms. The zero-order valence-electron chi connectivity index (χ0n) is 12.2. The summed E-state index contributed by atoms with van der Waals surface area (Å²) in [5.74, 6) is -0.300. The van der Waals surface area contributed by atoms with E-state index in [4.69, 9.17) is 0 Å². The summed E-state index contributed by atoms with van der Waals surface area (Å²) in [6, 6.07) is -0.165. The lowest BCUT2D eigenvalue weighted by Gasteiger charge is -2.21. The second kappa shape index (κ2) is 9.96. The summed E-state index contributed by atoms with van der Waals surface area (Å²) in [7, 11) is 0. The van der Waals surface area contributed by atoms with Crippen LogP contribution in [0.2, 0.25) is 0 Å². The van der Waals surface area contributed by atoms with Crippen molar-refractivity contribution in [3.8, 4) is 0 Å². The van der Waals surface area contributed by atoms with E-state index in [-0.39, 0.29) is 17.9 Å². The third kappa shape index (κ3) is 7.31. The average Bonchev–Trinajstić information content (AvgIpc) is 2.39. The molecule has 1 atom stereocenters. The van der Waals surface area contributed by atoms with E-state index in [0.717, 1.165) is 13.0 Å². The zero-order chi connectivity index (χ0) is 13.9. The van der Waals surface area contributed by atoms with Gasteiger partial charge in [-0.15, -0.1) is 0 Å². The van der Waals surface area contributed by atoms with Crippen LogP contribution < -0.4 is 10.6 Å². The molecule has 0 bridgehead atoms. The van der Waals surface area contributed by atoms with E-state index in [0.29, 0.717) is 12.8 Å². The van der Waals surface area contributed by atoms with E-state index in [1.165, 1.54) is 44.9 Å². The predicted octanol–water partition coefficient (Wildman–Crippen LogP) is 2.52. The van der Waals surface area contributed by atoms with E-state index in [1.54, 1.807) is 0 Å². The van der Waals surface area contributed by atoms with Crippen LogP contribution >= 0.6 is 0 Å². The Morgan fingerprint density at radius 3 is 2.32 bits per heavy atom. The van der Waals surface area contributed by atoms with Gasteiger partial charge in [-0.2, -0.15) is 0 Å². The Balaban J connectivity index is 1.90. The van der Waals surface area contributed by atoms with Gasteiger partial charge in [0, 0.05) is 6.42 Å². The monoisotopic (exact) mass is 268 g/mol. The number of hydrogen-bond acceptors (Lipinski definition) is 3. The van der Waals surface area contributed by atoms with Crippen molar-refractivity contribution in [1.82, 2.24) is 10.6 Å². The van der Waals surface area contributed by atoms with Gasteiger partial charge in [0.1, 0.15) is 0 Å². The molecule has 0 aromatic heterocycles. The molecule has 1 saturated heterocycles. The lowest BCUT2D eigenvalue weighted by molar-refractivity contribution is -0.134. The molecule has 2 amide bonds. The SMILES string of the molecule is CCCCCCCCCCNC1CCC(=O)NC1=O. The maximum atomic E-state index is 11.5. The number of hydrogen-bond donors (Lipinski definition) is 2. The van der Waals surface area contributed by atoms with Crippen LogP contribution in [0.15, 0.2) is 0 Å². The van der Waals surface area contributed by atoms with Gasteiger partial charge in [-0.05, 0) is 19.4 Å². The molecule has 1 rings (SSSR count). The smallest absolute Gasteiger partial charge is 0.243 e. The van der Waals surface area contributed by atoms with Crippen molar-refractivity contribution in [2.24, 2.45) is 0 Å². The van der Waals surface area contributed by atoms with Gasteiger partial charge in [0.25, 0.3) is 0 Å². The molecule has 1 aliphatic rings. The Bertz CT molecular complexity index is 279. The lowest BCUT2D eigenvalue weighted by atomic mass is 10.1. The fraction of sp³-hybridized carbons (Fsp3) is 0.867. The minimum absolute atomic E-state index is 0.143. The molecule has 0 aliphatic carbocycles. The largest absolute Gasteiger partial charge is 0.306 e. The topological polar surface area (TPSA) is 58.2 Å². The van der Waals surface area contributed by atoms with Crippen LogP contribution in [0.25, 0.3) is 0 Å². The molecule has 0 aromatic rings. The van der Waals surface area contributed by atoms with Gasteiger partial charge in [0.15, 0.2) is 0 Å². The lowest BCUT2D eigenvalue weighted by Crippen LogP contribution is -2.50. The molecule has 1 heterocycles. The number of carbonyl (C=O) groups excluding carboxylic acids is 2. The number of rotatable bonds is 10. The van der Waals surface area contributed by atoms with Crippen LogP contribution in [0.4, 0.5) is 0 Å². The first-order valence-electron chi connectivity index (χ1n) is 7.81. The first-order chi connectivity index (χ1) is 9.24. The number of unbranched alkanes of at least 4 members (excludes halogenated alkanes) is 7. The van der Waals surface area contributed by atoms with Gasteiger partial charge < -0.3 is 5.32 Å². The summed E-state index contributed by atoms with van der Waals surface area (Å²) in [6.45, 7) is 3.11. The summed E-state index contributed by atoms with van der Waals surface area (Å²) < 4.78 is 0. The summed E-state index contributed by atoms with van der Waals surface area (Å²) in [6.07, 6.45) is 11.5. The Morgan fingerprint density at radius 1 is 1.05 bits per heavy atom. The van der Waals surface area contributed by atoms with E-state index in [2.05, 4.69) is 17.6 Å². The van der Waals surface area contributed by atoms with Crippen LogP contribution in [0, 0.1) is 0 Å². The minimum Gasteiger partial charge on any atom is -0.306 e. The summed E-state index contributed by atoms with van der Waals surface area (Å²) in [4.78, 5) is 22.5. The molecule has 110 valence electrons. The maximum Gasteiger partial charge on any atom is 0.243 e. The Morgan fingerprint density at radius 2 is 1.68 bits per heavy atom. The molecule has 4 heteroatoms. The second-order valence-corrected chi connectivity index (χ2v) is 5.43. The Labute approximate surface area is 116 Å². The fourth-order valence-corrected chi connectivity index (χ4v) is 2.42. The van der Waals surface area contributed by atoms with Gasteiger partial charge in [0.05, 0.1) is 6.04 Å². The fourth-order valence-electron chi connectivity index (χ4n) is 2.42. The minimum atomic E-state index is -0.165. The molecular formula is C15H28N2O2. The average molecular weight is 268 g/mol. The highest BCUT2D eigenvalue weighted by atomic mass is 16.2. The van der Waals surface area contributed by atoms with E-state index < -0.39 is 0 Å². The van der Waals surface area contributed by atoms with Crippen molar-refractivity contribution in [3.05, 3.63) is 0 Å². The third-order valence-electron chi connectivity index (χ3n) is 3.66. The first kappa shape index (κ1) is 16.2. The maximum absolute atomic E-state index is 11.5. The highest BCUT2D eigenvalue weighted by Crippen LogP contribution is 2.08. The Hall–Kier alpha value is -0.900. The van der Waals surface area contributed by atoms with Crippen molar-refractivity contribution >= 4 is 11.8 Å². The van der Waals surface area contributed by atoms with Gasteiger partial charge in [-0.3, -0.25) is 14.9 Å². The van der Waals surface area contributed by atoms with Crippen molar-refractivity contribution in [1.29, 1.82) is 0 Å². The molecule has 0 spiro atoms. The molecule has 1 unspecified atom stereocenters. The van der Waals surface area contributed by atoms with Crippen molar-refractivity contribution in [2.75, 3.05) is 6.54 Å². The molecule has 2 N–H and O–H groups in total. The van der Waals surface area contributed by atoms with E-state index >= 15 is 0 Å². The summed E-state index contributed by atoms with van der Waals surface area (Å²) in [5.41, 5.74) is 0. The van der Waals surface area contributed by atoms with Crippen LogP contribution in [0.1, 0.15) is 71.1 Å². The summed E-state index contributed by atoms with van der Waals surface area (Å²) >= 11 is 0. The number of amides is 2. The first-order valence-corrected chi connectivity index (χ1v) is 7.81. The molecule has 1 fully saturated rings. The van der Waals surface area contributed by atoms with Crippen LogP contribution in [0.5, 0.6) is 0 Å². The number of carbonyl (C=O) groups is 2. The van der Waals surface area contributed by atoms with Gasteiger partial charge in [0.2, 0.25) is 11.8 Å². The van der Waals surface area contributed by atoms with Crippen LogP contribution in [-0.2, 0) is 9.59 Å². The van der Waals surface area contributed by atoms with E-state index in [9.17, 15) is 9.59 Å². The normalized spacial score (nSPS) is 19.5. The zero-order valence-corrected chi connectivity index (χ0v) is 12.2. The van der Waals surface area contributed by atoms with Crippen molar-refractivity contribution in [3.63, 3.8) is 0 Å². The van der Waals surface area contributed by atoms with E-state index in [1.807, 2.05) is 0 Å². The highest BCUT2D eigenvalue weighted by molar-refractivity contribution is 6.00. The van der Waals surface area contributed by atoms with Crippen LogP contribution in [-0.4, -0.2) is 24.4 Å². The predicted molar refractivity (Wildman–Crippen MR) is 76.8 cm³/mol. The van der Waals surface area contributed by atoms with Crippen molar-refractivity contribution < 1.29 is 9.59 Å². The molecule has 0 radical (unpaired) electrons.